The molecule has 0 saturated heterocycles. The molecule has 1 aromatic heterocycles. The van der Waals surface area contributed by atoms with Crippen molar-refractivity contribution in [2.75, 3.05) is 14.2 Å². The molecule has 162 valence electrons. The molecule has 6 nitrogen and oxygen atoms in total. The van der Waals surface area contributed by atoms with Crippen LogP contribution in [0.2, 0.25) is 0 Å². The highest BCUT2D eigenvalue weighted by atomic mass is 79.9. The average Bonchev–Trinajstić information content (AvgIpc) is 2.83. The number of aryl methyl sites for hydroxylation is 1. The zero-order chi connectivity index (χ0) is 22.6. The molecule has 0 bridgehead atoms. The smallest absolute Gasteiger partial charge is 0.343 e. The number of hydrogen-bond acceptors (Lipinski definition) is 6. The van der Waals surface area contributed by atoms with Crippen molar-refractivity contribution in [3.8, 4) is 5.88 Å². The van der Waals surface area contributed by atoms with Gasteiger partial charge in [-0.2, -0.15) is 0 Å². The largest absolute Gasteiger partial charge is 0.472 e. The Morgan fingerprint density at radius 1 is 0.839 bits per heavy atom. The van der Waals surface area contributed by atoms with Gasteiger partial charge < -0.3 is 14.2 Å². The number of halogens is 1. The van der Waals surface area contributed by atoms with E-state index in [1.165, 1.54) is 25.8 Å². The number of rotatable bonds is 6. The molecule has 3 aromatic rings. The predicted molar refractivity (Wildman–Crippen MR) is 122 cm³/mol. The molecule has 0 unspecified atom stereocenters. The van der Waals surface area contributed by atoms with E-state index in [0.717, 1.165) is 10.9 Å². The lowest BCUT2D eigenvalue weighted by atomic mass is 10.1. The maximum atomic E-state index is 11.9. The third-order valence-electron chi connectivity index (χ3n) is 4.20. The second-order valence-corrected chi connectivity index (χ2v) is 6.91. The van der Waals surface area contributed by atoms with E-state index in [-0.39, 0.29) is 23.6 Å². The average molecular weight is 486 g/mol. The van der Waals surface area contributed by atoms with Crippen LogP contribution < -0.4 is 4.74 Å². The normalized spacial score (nSPS) is 9.81. The van der Waals surface area contributed by atoms with Crippen LogP contribution in [0.25, 0.3) is 0 Å². The van der Waals surface area contributed by atoms with Gasteiger partial charge in [-0.05, 0) is 24.1 Å². The summed E-state index contributed by atoms with van der Waals surface area (Å²) in [6.45, 7) is 1.89. The predicted octanol–water partition coefficient (Wildman–Crippen LogP) is 5.12. The highest BCUT2D eigenvalue weighted by molar-refractivity contribution is 9.08. The monoisotopic (exact) mass is 485 g/mol. The number of nitrogens with zero attached hydrogens (tertiary/aromatic N) is 1. The summed E-state index contributed by atoms with van der Waals surface area (Å²) in [7, 11) is 2.51. The number of aromatic nitrogens is 1. The zero-order valence-electron chi connectivity index (χ0n) is 17.6. The van der Waals surface area contributed by atoms with E-state index >= 15 is 0 Å². The molecule has 0 saturated carbocycles. The maximum absolute atomic E-state index is 11.9. The Labute approximate surface area is 190 Å². The lowest BCUT2D eigenvalue weighted by Crippen LogP contribution is -2.13. The number of carbonyl (C=O) groups is 2. The van der Waals surface area contributed by atoms with Crippen molar-refractivity contribution in [1.82, 2.24) is 4.98 Å². The van der Waals surface area contributed by atoms with Crippen LogP contribution in [0.4, 0.5) is 0 Å². The fourth-order valence-corrected chi connectivity index (χ4v) is 2.93. The number of hydrogen-bond donors (Lipinski definition) is 0. The lowest BCUT2D eigenvalue weighted by Gasteiger charge is -2.12. The van der Waals surface area contributed by atoms with Crippen LogP contribution in [-0.4, -0.2) is 31.1 Å². The maximum Gasteiger partial charge on any atom is 0.343 e. The second kappa shape index (κ2) is 12.5. The summed E-state index contributed by atoms with van der Waals surface area (Å²) in [5, 5.41) is 0.952. The van der Waals surface area contributed by atoms with E-state index in [9.17, 15) is 9.59 Å². The quantitative estimate of drug-likeness (QED) is 0.356. The minimum atomic E-state index is -0.634. The number of carbonyl (C=O) groups excluding carboxylic acids is 2. The minimum absolute atomic E-state index is 0.0782. The Morgan fingerprint density at radius 2 is 1.35 bits per heavy atom. The molecule has 0 spiro atoms. The Hall–Kier alpha value is -3.19. The molecule has 0 aliphatic rings. The first-order chi connectivity index (χ1) is 15.0. The number of methoxy groups -OCH3 is 2. The molecule has 0 atom stereocenters. The first-order valence-corrected chi connectivity index (χ1v) is 10.6. The van der Waals surface area contributed by atoms with E-state index in [2.05, 4.69) is 37.8 Å². The standard InChI is InChI=1S/C17H17NO5.C7H7Br/c1-11-13(16(19)21-2)9-14(17(20)22-3)15(18-11)23-10-12-7-5-4-6-8-12;8-6-7-4-2-1-3-5-7/h4-9H,10H2,1-3H3;1-5H,6H2. The number of ether oxygens (including phenoxy) is 3. The molecule has 0 amide bonds. The van der Waals surface area contributed by atoms with Crippen LogP contribution >= 0.6 is 15.9 Å². The van der Waals surface area contributed by atoms with E-state index < -0.39 is 11.9 Å². The zero-order valence-corrected chi connectivity index (χ0v) is 19.2. The van der Waals surface area contributed by atoms with Gasteiger partial charge in [0, 0.05) is 5.33 Å². The third-order valence-corrected chi connectivity index (χ3v) is 4.85. The van der Waals surface area contributed by atoms with Gasteiger partial charge in [0.2, 0.25) is 5.88 Å². The number of pyridine rings is 1. The molecule has 0 aliphatic carbocycles. The first kappa shape index (κ1) is 24.1. The van der Waals surface area contributed by atoms with Gasteiger partial charge in [-0.3, -0.25) is 0 Å². The van der Waals surface area contributed by atoms with Gasteiger partial charge in [0.15, 0.2) is 0 Å². The lowest BCUT2D eigenvalue weighted by molar-refractivity contribution is 0.0593. The van der Waals surface area contributed by atoms with Crippen LogP contribution in [0, 0.1) is 6.92 Å². The summed E-state index contributed by atoms with van der Waals surface area (Å²) < 4.78 is 15.0. The summed E-state index contributed by atoms with van der Waals surface area (Å²) in [6, 6.07) is 21.1. The van der Waals surface area contributed by atoms with Crippen LogP contribution in [0.1, 0.15) is 37.5 Å². The van der Waals surface area contributed by atoms with Crippen LogP contribution in [-0.2, 0) is 21.4 Å². The molecule has 31 heavy (non-hydrogen) atoms. The molecule has 0 N–H and O–H groups in total. The second-order valence-electron chi connectivity index (χ2n) is 6.35. The van der Waals surface area contributed by atoms with E-state index in [1.807, 2.05) is 48.5 Å². The molecular weight excluding hydrogens is 462 g/mol. The topological polar surface area (TPSA) is 74.7 Å². The fourth-order valence-electron chi connectivity index (χ4n) is 2.56. The molecule has 1 heterocycles. The van der Waals surface area contributed by atoms with Crippen molar-refractivity contribution in [3.63, 3.8) is 0 Å². The Morgan fingerprint density at radius 3 is 1.84 bits per heavy atom. The Kier molecular flexibility index (Phi) is 9.71. The van der Waals surface area contributed by atoms with Crippen LogP contribution in [0.5, 0.6) is 5.88 Å². The first-order valence-electron chi connectivity index (χ1n) is 9.45. The number of benzene rings is 2. The van der Waals surface area contributed by atoms with Crippen molar-refractivity contribution in [2.24, 2.45) is 0 Å². The summed E-state index contributed by atoms with van der Waals surface area (Å²) in [5.74, 6) is -1.09. The molecule has 0 radical (unpaired) electrons. The van der Waals surface area contributed by atoms with Crippen LogP contribution in [0.15, 0.2) is 66.7 Å². The summed E-state index contributed by atoms with van der Waals surface area (Å²) in [6.07, 6.45) is 0. The highest BCUT2D eigenvalue weighted by Gasteiger charge is 2.21. The van der Waals surface area contributed by atoms with Gasteiger partial charge in [-0.15, -0.1) is 0 Å². The summed E-state index contributed by atoms with van der Waals surface area (Å²) in [4.78, 5) is 27.9. The Bertz CT molecular complexity index is 994. The molecule has 7 heteroatoms. The SMILES string of the molecule is BrCc1ccccc1.COC(=O)c1cc(C(=O)OC)c(OCc2ccccc2)nc1C. The fraction of sp³-hybridized carbons (Fsp3) is 0.208. The van der Waals surface area contributed by atoms with Gasteiger partial charge in [0.1, 0.15) is 12.2 Å². The van der Waals surface area contributed by atoms with Crippen molar-refractivity contribution < 1.29 is 23.8 Å². The van der Waals surface area contributed by atoms with Gasteiger partial charge in [0.05, 0.1) is 25.5 Å². The van der Waals surface area contributed by atoms with Crippen LogP contribution in [0.3, 0.4) is 0 Å². The number of alkyl halides is 1. The van der Waals surface area contributed by atoms with Crippen molar-refractivity contribution in [3.05, 3.63) is 94.7 Å². The molecular formula is C24H24BrNO5. The molecule has 0 aliphatic heterocycles. The van der Waals surface area contributed by atoms with Gasteiger partial charge in [-0.25, -0.2) is 14.6 Å². The minimum Gasteiger partial charge on any atom is -0.472 e. The van der Waals surface area contributed by atoms with Crippen molar-refractivity contribution >= 4 is 27.9 Å². The van der Waals surface area contributed by atoms with E-state index in [4.69, 9.17) is 9.47 Å². The van der Waals surface area contributed by atoms with E-state index in [1.54, 1.807) is 6.92 Å². The van der Waals surface area contributed by atoms with E-state index in [0.29, 0.717) is 5.69 Å². The summed E-state index contributed by atoms with van der Waals surface area (Å²) in [5.41, 5.74) is 2.94. The highest BCUT2D eigenvalue weighted by Crippen LogP contribution is 2.22. The van der Waals surface area contributed by atoms with Gasteiger partial charge >= 0.3 is 11.9 Å². The van der Waals surface area contributed by atoms with Gasteiger partial charge in [-0.1, -0.05) is 76.6 Å². The van der Waals surface area contributed by atoms with Gasteiger partial charge in [0.25, 0.3) is 0 Å². The Balaban J connectivity index is 0.000000357. The molecule has 0 fully saturated rings. The molecule has 2 aromatic carbocycles. The summed E-state index contributed by atoms with van der Waals surface area (Å²) >= 11 is 3.36. The van der Waals surface area contributed by atoms with Crippen molar-refractivity contribution in [1.29, 1.82) is 0 Å². The number of esters is 2. The third kappa shape index (κ3) is 7.22. The molecule has 3 rings (SSSR count). The van der Waals surface area contributed by atoms with Crippen molar-refractivity contribution in [2.45, 2.75) is 18.9 Å².